The van der Waals surface area contributed by atoms with Gasteiger partial charge in [0.15, 0.2) is 5.76 Å². The first kappa shape index (κ1) is 13.8. The molecule has 0 aliphatic carbocycles. The molecule has 0 spiro atoms. The van der Waals surface area contributed by atoms with E-state index in [1.807, 2.05) is 20.8 Å². The molecule has 0 saturated heterocycles. The number of nitrogens with one attached hydrogen (secondary N) is 1. The number of hydrogen-bond acceptors (Lipinski definition) is 3. The van der Waals surface area contributed by atoms with Gasteiger partial charge in [0.2, 0.25) is 0 Å². The molecule has 0 aromatic carbocycles. The van der Waals surface area contributed by atoms with Gasteiger partial charge in [-0.1, -0.05) is 20.8 Å². The maximum absolute atomic E-state index is 11.7. The molecule has 0 saturated carbocycles. The minimum Gasteiger partial charge on any atom is -0.456 e. The zero-order valence-electron chi connectivity index (χ0n) is 10.7. The van der Waals surface area contributed by atoms with Crippen molar-refractivity contribution in [3.8, 4) is 0 Å². The van der Waals surface area contributed by atoms with Gasteiger partial charge in [-0.15, -0.1) is 0 Å². The lowest BCUT2D eigenvalue weighted by Gasteiger charge is -2.24. The van der Waals surface area contributed by atoms with E-state index in [-0.39, 0.29) is 12.5 Å². The number of aliphatic hydroxyl groups is 1. The maximum Gasteiger partial charge on any atom is 0.287 e. The van der Waals surface area contributed by atoms with Gasteiger partial charge in [0.05, 0.1) is 5.60 Å². The Hall–Kier alpha value is -1.29. The smallest absolute Gasteiger partial charge is 0.287 e. The number of carbonyl (C=O) groups is 1. The third-order valence-corrected chi connectivity index (χ3v) is 3.13. The fraction of sp³-hybridized carbons (Fsp3) is 0.615. The summed E-state index contributed by atoms with van der Waals surface area (Å²) in [7, 11) is 0. The molecule has 4 heteroatoms. The van der Waals surface area contributed by atoms with Crippen molar-refractivity contribution in [3.05, 3.63) is 23.7 Å². The van der Waals surface area contributed by atoms with Crippen molar-refractivity contribution in [1.82, 2.24) is 5.32 Å². The Labute approximate surface area is 102 Å². The molecule has 1 heterocycles. The van der Waals surface area contributed by atoms with E-state index >= 15 is 0 Å². The van der Waals surface area contributed by atoms with Crippen LogP contribution in [-0.2, 0) is 6.42 Å². The second kappa shape index (κ2) is 5.87. The molecule has 0 unspecified atom stereocenters. The van der Waals surface area contributed by atoms with E-state index in [9.17, 15) is 9.90 Å². The molecule has 0 aliphatic rings. The van der Waals surface area contributed by atoms with Gasteiger partial charge in [-0.05, 0) is 25.0 Å². The summed E-state index contributed by atoms with van der Waals surface area (Å²) in [6, 6.07) is 3.45. The van der Waals surface area contributed by atoms with Crippen LogP contribution in [0.4, 0.5) is 0 Å². The first-order valence-electron chi connectivity index (χ1n) is 6.14. The first-order valence-corrected chi connectivity index (χ1v) is 6.14. The fourth-order valence-electron chi connectivity index (χ4n) is 1.52. The van der Waals surface area contributed by atoms with Gasteiger partial charge in [-0.3, -0.25) is 4.79 Å². The van der Waals surface area contributed by atoms with Gasteiger partial charge in [0.1, 0.15) is 5.76 Å². The van der Waals surface area contributed by atoms with Gasteiger partial charge < -0.3 is 14.8 Å². The van der Waals surface area contributed by atoms with Gasteiger partial charge in [0, 0.05) is 13.0 Å². The highest BCUT2D eigenvalue weighted by Crippen LogP contribution is 2.14. The van der Waals surface area contributed by atoms with Crippen LogP contribution in [0, 0.1) is 0 Å². The number of furan rings is 1. The third-order valence-electron chi connectivity index (χ3n) is 3.13. The van der Waals surface area contributed by atoms with Crippen LogP contribution in [0.1, 0.15) is 49.9 Å². The summed E-state index contributed by atoms with van der Waals surface area (Å²) in [5.41, 5.74) is -0.824. The Balaban J connectivity index is 2.55. The van der Waals surface area contributed by atoms with Crippen molar-refractivity contribution in [3.63, 3.8) is 0 Å². The topological polar surface area (TPSA) is 62.5 Å². The van der Waals surface area contributed by atoms with Gasteiger partial charge in [-0.25, -0.2) is 0 Å². The molecule has 2 N–H and O–H groups in total. The van der Waals surface area contributed by atoms with Crippen molar-refractivity contribution in [2.45, 2.75) is 45.6 Å². The number of rotatable bonds is 6. The lowest BCUT2D eigenvalue weighted by atomic mass is 9.97. The summed E-state index contributed by atoms with van der Waals surface area (Å²) in [6.07, 6.45) is 1.99. The van der Waals surface area contributed by atoms with E-state index in [0.717, 1.165) is 12.2 Å². The molecule has 0 atom stereocenters. The lowest BCUT2D eigenvalue weighted by Crippen LogP contribution is -2.41. The SMILES string of the molecule is CCc1ccc(C(=O)NCC(O)(CC)CC)o1. The quantitative estimate of drug-likeness (QED) is 0.799. The minimum atomic E-state index is -0.824. The van der Waals surface area contributed by atoms with Crippen molar-refractivity contribution in [1.29, 1.82) is 0 Å². The van der Waals surface area contributed by atoms with Gasteiger partial charge >= 0.3 is 0 Å². The van der Waals surface area contributed by atoms with Crippen LogP contribution in [-0.4, -0.2) is 23.2 Å². The number of hydrogen-bond donors (Lipinski definition) is 2. The molecular formula is C13H21NO3. The minimum absolute atomic E-state index is 0.251. The van der Waals surface area contributed by atoms with E-state index in [0.29, 0.717) is 18.6 Å². The standard InChI is InChI=1S/C13H21NO3/c1-4-10-7-8-11(17-10)12(15)14-9-13(16,5-2)6-3/h7-8,16H,4-6,9H2,1-3H3,(H,14,15). The third kappa shape index (κ3) is 3.60. The Bertz CT molecular complexity index is 366. The van der Waals surface area contributed by atoms with Crippen LogP contribution in [0.25, 0.3) is 0 Å². The summed E-state index contributed by atoms with van der Waals surface area (Å²) in [6.45, 7) is 6.02. The Morgan fingerprint density at radius 1 is 1.35 bits per heavy atom. The van der Waals surface area contributed by atoms with Crippen LogP contribution in [0.5, 0.6) is 0 Å². The van der Waals surface area contributed by atoms with Crippen LogP contribution < -0.4 is 5.32 Å². The average molecular weight is 239 g/mol. The normalized spacial score (nSPS) is 11.5. The molecule has 1 aromatic heterocycles. The van der Waals surface area contributed by atoms with E-state index in [2.05, 4.69) is 5.32 Å². The Morgan fingerprint density at radius 2 is 2.00 bits per heavy atom. The van der Waals surface area contributed by atoms with Gasteiger partial charge in [0.25, 0.3) is 5.91 Å². The van der Waals surface area contributed by atoms with E-state index in [4.69, 9.17) is 4.42 Å². The second-order valence-electron chi connectivity index (χ2n) is 4.23. The Morgan fingerprint density at radius 3 is 2.47 bits per heavy atom. The van der Waals surface area contributed by atoms with Gasteiger partial charge in [-0.2, -0.15) is 0 Å². The predicted octanol–water partition coefficient (Wildman–Crippen LogP) is 2.12. The molecule has 17 heavy (non-hydrogen) atoms. The van der Waals surface area contributed by atoms with E-state index < -0.39 is 5.60 Å². The Kier molecular flexibility index (Phi) is 4.75. The lowest BCUT2D eigenvalue weighted by molar-refractivity contribution is 0.0309. The molecule has 4 nitrogen and oxygen atoms in total. The fourth-order valence-corrected chi connectivity index (χ4v) is 1.52. The van der Waals surface area contributed by atoms with Crippen molar-refractivity contribution < 1.29 is 14.3 Å². The summed E-state index contributed by atoms with van der Waals surface area (Å²) in [4.78, 5) is 11.7. The molecular weight excluding hydrogens is 218 g/mol. The zero-order chi connectivity index (χ0) is 12.9. The highest BCUT2D eigenvalue weighted by molar-refractivity contribution is 5.91. The number of aryl methyl sites for hydroxylation is 1. The molecule has 0 fully saturated rings. The summed E-state index contributed by atoms with van der Waals surface area (Å²) in [5, 5.41) is 12.7. The molecule has 96 valence electrons. The largest absolute Gasteiger partial charge is 0.456 e. The zero-order valence-corrected chi connectivity index (χ0v) is 10.7. The summed E-state index contributed by atoms with van der Waals surface area (Å²) >= 11 is 0. The maximum atomic E-state index is 11.7. The van der Waals surface area contributed by atoms with Crippen LogP contribution >= 0.6 is 0 Å². The van der Waals surface area contributed by atoms with Crippen LogP contribution in [0.2, 0.25) is 0 Å². The number of carbonyl (C=O) groups excluding carboxylic acids is 1. The van der Waals surface area contributed by atoms with Crippen molar-refractivity contribution >= 4 is 5.91 Å². The summed E-state index contributed by atoms with van der Waals surface area (Å²) in [5.74, 6) is 0.817. The highest BCUT2D eigenvalue weighted by Gasteiger charge is 2.23. The average Bonchev–Trinajstić information content (AvgIpc) is 2.84. The second-order valence-corrected chi connectivity index (χ2v) is 4.23. The predicted molar refractivity (Wildman–Crippen MR) is 66.0 cm³/mol. The van der Waals surface area contributed by atoms with Crippen LogP contribution in [0.15, 0.2) is 16.5 Å². The number of amides is 1. The van der Waals surface area contributed by atoms with Crippen molar-refractivity contribution in [2.24, 2.45) is 0 Å². The van der Waals surface area contributed by atoms with E-state index in [1.54, 1.807) is 12.1 Å². The first-order chi connectivity index (χ1) is 8.04. The van der Waals surface area contributed by atoms with Crippen LogP contribution in [0.3, 0.4) is 0 Å². The molecule has 1 rings (SSSR count). The monoisotopic (exact) mass is 239 g/mol. The molecule has 1 aromatic rings. The molecule has 1 amide bonds. The molecule has 0 radical (unpaired) electrons. The molecule has 0 aliphatic heterocycles. The highest BCUT2D eigenvalue weighted by atomic mass is 16.3. The van der Waals surface area contributed by atoms with E-state index in [1.165, 1.54) is 0 Å². The molecule has 0 bridgehead atoms. The van der Waals surface area contributed by atoms with Crippen molar-refractivity contribution in [2.75, 3.05) is 6.54 Å². The summed E-state index contributed by atoms with van der Waals surface area (Å²) < 4.78 is 5.33.